The standard InChI is InChI=1S/C20H13ClN4O3/c1-27-18-7-15(20(26)12-3-5-14(21)6-4-12)16(8-19(18)28-2)25-17(11-24)13(9-22)10-23/h3-8,25H,1-2H3. The largest absolute Gasteiger partial charge is 0.493 e. The van der Waals surface area contributed by atoms with Crippen molar-refractivity contribution in [3.05, 3.63) is 63.8 Å². The lowest BCUT2D eigenvalue weighted by Gasteiger charge is -2.15. The number of ether oxygens (including phenoxy) is 2. The van der Waals surface area contributed by atoms with Gasteiger partial charge in [-0.2, -0.15) is 15.8 Å². The van der Waals surface area contributed by atoms with Crippen LogP contribution in [0.25, 0.3) is 0 Å². The highest BCUT2D eigenvalue weighted by atomic mass is 35.5. The van der Waals surface area contributed by atoms with Crippen molar-refractivity contribution in [3.63, 3.8) is 0 Å². The summed E-state index contributed by atoms with van der Waals surface area (Å²) >= 11 is 5.87. The van der Waals surface area contributed by atoms with E-state index in [1.807, 2.05) is 0 Å². The molecule has 0 spiro atoms. The Balaban J connectivity index is 2.67. The summed E-state index contributed by atoms with van der Waals surface area (Å²) in [5.41, 5.74) is -0.0207. The van der Waals surface area contributed by atoms with Gasteiger partial charge in [0.2, 0.25) is 0 Å². The summed E-state index contributed by atoms with van der Waals surface area (Å²) in [6.45, 7) is 0. The summed E-state index contributed by atoms with van der Waals surface area (Å²) in [5, 5.41) is 30.5. The number of hydrogen-bond acceptors (Lipinski definition) is 7. The molecule has 2 aromatic rings. The first-order chi connectivity index (χ1) is 13.5. The Bertz CT molecular complexity index is 1050. The molecule has 0 atom stereocenters. The molecule has 0 aliphatic carbocycles. The number of rotatable bonds is 6. The average molecular weight is 393 g/mol. The highest BCUT2D eigenvalue weighted by molar-refractivity contribution is 6.30. The molecular weight excluding hydrogens is 380 g/mol. The molecular formula is C20H13ClN4O3. The number of carbonyl (C=O) groups is 1. The Hall–Kier alpha value is -3.99. The maximum Gasteiger partial charge on any atom is 0.195 e. The summed E-state index contributed by atoms with van der Waals surface area (Å²) in [5.74, 6) is 0.215. The number of ketones is 1. The maximum atomic E-state index is 13.0. The van der Waals surface area contributed by atoms with Crippen molar-refractivity contribution in [1.82, 2.24) is 0 Å². The van der Waals surface area contributed by atoms with Gasteiger partial charge in [-0.05, 0) is 30.3 Å². The molecule has 7 nitrogen and oxygen atoms in total. The van der Waals surface area contributed by atoms with Gasteiger partial charge in [0.25, 0.3) is 0 Å². The zero-order valence-corrected chi connectivity index (χ0v) is 15.7. The van der Waals surface area contributed by atoms with Gasteiger partial charge >= 0.3 is 0 Å². The number of benzene rings is 2. The minimum atomic E-state index is -0.415. The van der Waals surface area contributed by atoms with E-state index in [-0.39, 0.29) is 22.7 Å². The zero-order valence-electron chi connectivity index (χ0n) is 14.9. The van der Waals surface area contributed by atoms with Gasteiger partial charge in [-0.1, -0.05) is 11.6 Å². The molecule has 0 saturated carbocycles. The summed E-state index contributed by atoms with van der Waals surface area (Å²) < 4.78 is 10.5. The van der Waals surface area contributed by atoms with Crippen molar-refractivity contribution < 1.29 is 14.3 Å². The molecule has 0 radical (unpaired) electrons. The van der Waals surface area contributed by atoms with Gasteiger partial charge in [-0.3, -0.25) is 4.79 Å². The number of methoxy groups -OCH3 is 2. The highest BCUT2D eigenvalue weighted by Crippen LogP contribution is 2.35. The van der Waals surface area contributed by atoms with E-state index in [2.05, 4.69) is 5.32 Å². The maximum absolute atomic E-state index is 13.0. The zero-order chi connectivity index (χ0) is 20.7. The molecule has 0 heterocycles. The van der Waals surface area contributed by atoms with Gasteiger partial charge in [-0.15, -0.1) is 0 Å². The van der Waals surface area contributed by atoms with Gasteiger partial charge in [0, 0.05) is 22.2 Å². The minimum absolute atomic E-state index is 0.156. The summed E-state index contributed by atoms with van der Waals surface area (Å²) in [6, 6.07) is 14.2. The Morgan fingerprint density at radius 1 is 0.964 bits per heavy atom. The monoisotopic (exact) mass is 392 g/mol. The lowest BCUT2D eigenvalue weighted by atomic mass is 10.0. The van der Waals surface area contributed by atoms with E-state index in [1.54, 1.807) is 42.5 Å². The van der Waals surface area contributed by atoms with E-state index in [4.69, 9.17) is 31.6 Å². The van der Waals surface area contributed by atoms with Crippen LogP contribution in [0, 0.1) is 34.0 Å². The van der Waals surface area contributed by atoms with Crippen LogP contribution < -0.4 is 14.8 Å². The Morgan fingerprint density at radius 3 is 2.04 bits per heavy atom. The number of nitrogens with one attached hydrogen (secondary N) is 1. The SMILES string of the molecule is COc1cc(NC(C#N)=C(C#N)C#N)c(C(=O)c2ccc(Cl)cc2)cc1OC. The molecule has 8 heteroatoms. The number of carbonyl (C=O) groups excluding carboxylic acids is 1. The van der Waals surface area contributed by atoms with E-state index in [9.17, 15) is 10.1 Å². The van der Waals surface area contributed by atoms with Gasteiger partial charge < -0.3 is 14.8 Å². The van der Waals surface area contributed by atoms with Crippen molar-refractivity contribution in [3.8, 4) is 29.7 Å². The summed E-state index contributed by atoms with van der Waals surface area (Å²) in [7, 11) is 2.84. The fraction of sp³-hybridized carbons (Fsp3) is 0.100. The smallest absolute Gasteiger partial charge is 0.195 e. The van der Waals surface area contributed by atoms with E-state index in [1.165, 1.54) is 26.4 Å². The number of allylic oxidation sites excluding steroid dienone is 2. The van der Waals surface area contributed by atoms with Crippen LogP contribution in [0.15, 0.2) is 47.7 Å². The molecule has 0 aliphatic rings. The van der Waals surface area contributed by atoms with E-state index in [0.29, 0.717) is 22.1 Å². The van der Waals surface area contributed by atoms with Crippen LogP contribution in [0.4, 0.5) is 5.69 Å². The van der Waals surface area contributed by atoms with Crippen molar-refractivity contribution in [2.75, 3.05) is 19.5 Å². The van der Waals surface area contributed by atoms with Crippen LogP contribution >= 0.6 is 11.6 Å². The number of hydrogen-bond donors (Lipinski definition) is 1. The van der Waals surface area contributed by atoms with Gasteiger partial charge in [-0.25, -0.2) is 0 Å². The van der Waals surface area contributed by atoms with Crippen LogP contribution in [0.5, 0.6) is 11.5 Å². The summed E-state index contributed by atoms with van der Waals surface area (Å²) in [4.78, 5) is 13.0. The molecule has 28 heavy (non-hydrogen) atoms. The van der Waals surface area contributed by atoms with Crippen molar-refractivity contribution in [1.29, 1.82) is 15.8 Å². The van der Waals surface area contributed by atoms with E-state index < -0.39 is 5.57 Å². The van der Waals surface area contributed by atoms with Gasteiger partial charge in [0.1, 0.15) is 23.9 Å². The Labute approximate surface area is 166 Å². The summed E-state index contributed by atoms with van der Waals surface area (Å²) in [6.07, 6.45) is 0. The van der Waals surface area contributed by atoms with Crippen LogP contribution in [0.1, 0.15) is 15.9 Å². The molecule has 0 aromatic heterocycles. The van der Waals surface area contributed by atoms with E-state index >= 15 is 0 Å². The average Bonchev–Trinajstić information content (AvgIpc) is 2.73. The third-order valence-electron chi connectivity index (χ3n) is 3.72. The van der Waals surface area contributed by atoms with Crippen LogP contribution in [0.2, 0.25) is 5.02 Å². The van der Waals surface area contributed by atoms with Gasteiger partial charge in [0.05, 0.1) is 19.9 Å². The van der Waals surface area contributed by atoms with Gasteiger partial charge in [0.15, 0.2) is 22.9 Å². The first-order valence-corrected chi connectivity index (χ1v) is 8.14. The molecule has 0 unspecified atom stereocenters. The van der Waals surface area contributed by atoms with Crippen LogP contribution in [0.3, 0.4) is 0 Å². The van der Waals surface area contributed by atoms with Crippen LogP contribution in [-0.2, 0) is 0 Å². The molecule has 1 N–H and O–H groups in total. The number of anilines is 1. The third-order valence-corrected chi connectivity index (χ3v) is 3.97. The molecule has 0 fully saturated rings. The van der Waals surface area contributed by atoms with Crippen molar-refractivity contribution in [2.24, 2.45) is 0 Å². The first-order valence-electron chi connectivity index (χ1n) is 7.76. The lowest BCUT2D eigenvalue weighted by molar-refractivity contribution is 0.103. The fourth-order valence-electron chi connectivity index (χ4n) is 2.34. The highest BCUT2D eigenvalue weighted by Gasteiger charge is 2.20. The second-order valence-corrected chi connectivity index (χ2v) is 5.74. The third kappa shape index (κ3) is 4.22. The Kier molecular flexibility index (Phi) is 6.60. The normalized spacial score (nSPS) is 9.29. The minimum Gasteiger partial charge on any atom is -0.493 e. The van der Waals surface area contributed by atoms with Crippen molar-refractivity contribution in [2.45, 2.75) is 0 Å². The Morgan fingerprint density at radius 2 is 1.54 bits per heavy atom. The molecule has 0 bridgehead atoms. The molecule has 2 aromatic carbocycles. The quantitative estimate of drug-likeness (QED) is 0.586. The molecule has 2 rings (SSSR count). The molecule has 0 amide bonds. The second-order valence-electron chi connectivity index (χ2n) is 5.30. The van der Waals surface area contributed by atoms with E-state index in [0.717, 1.165) is 0 Å². The number of nitriles is 3. The second kappa shape index (κ2) is 9.09. The number of halogens is 1. The first kappa shape index (κ1) is 20.3. The molecule has 138 valence electrons. The fourth-order valence-corrected chi connectivity index (χ4v) is 2.47. The van der Waals surface area contributed by atoms with Crippen molar-refractivity contribution >= 4 is 23.1 Å². The topological polar surface area (TPSA) is 119 Å². The molecule has 0 saturated heterocycles. The predicted octanol–water partition coefficient (Wildman–Crippen LogP) is 3.82. The molecule has 0 aliphatic heterocycles. The lowest BCUT2D eigenvalue weighted by Crippen LogP contribution is -2.10. The predicted molar refractivity (Wildman–Crippen MR) is 102 cm³/mol. The number of nitrogens with zero attached hydrogens (tertiary/aromatic N) is 3. The van der Waals surface area contributed by atoms with Crippen LogP contribution in [-0.4, -0.2) is 20.0 Å².